The number of benzene rings is 2. The molecule has 2 aromatic carbocycles. The van der Waals surface area contributed by atoms with Gasteiger partial charge in [0.15, 0.2) is 6.10 Å². The summed E-state index contributed by atoms with van der Waals surface area (Å²) in [5.41, 5.74) is 0.178. The third-order valence-electron chi connectivity index (χ3n) is 4.55. The van der Waals surface area contributed by atoms with Gasteiger partial charge in [-0.05, 0) is 55.5 Å². The van der Waals surface area contributed by atoms with Crippen molar-refractivity contribution in [3.05, 3.63) is 48.5 Å². The van der Waals surface area contributed by atoms with Crippen LogP contribution in [0.2, 0.25) is 0 Å². The van der Waals surface area contributed by atoms with Crippen molar-refractivity contribution >= 4 is 31.6 Å². The molecule has 1 saturated heterocycles. The zero-order valence-corrected chi connectivity index (χ0v) is 18.4. The molecule has 3 rings (SSSR count). The van der Waals surface area contributed by atoms with Crippen molar-refractivity contribution in [2.45, 2.75) is 22.8 Å². The van der Waals surface area contributed by atoms with Gasteiger partial charge in [-0.25, -0.2) is 22.0 Å². The van der Waals surface area contributed by atoms with Crippen LogP contribution in [-0.4, -0.2) is 60.0 Å². The van der Waals surface area contributed by atoms with E-state index in [1.54, 1.807) is 11.8 Å². The summed E-state index contributed by atoms with van der Waals surface area (Å²) >= 11 is 0. The van der Waals surface area contributed by atoms with Gasteiger partial charge in [-0.3, -0.25) is 9.52 Å². The number of ether oxygens (including phenoxy) is 2. The monoisotopic (exact) mass is 469 g/mol. The minimum Gasteiger partial charge on any atom is -0.481 e. The number of nitrogens with one attached hydrogen (secondary N) is 1. The van der Waals surface area contributed by atoms with Crippen LogP contribution in [0.15, 0.2) is 58.3 Å². The quantitative estimate of drug-likeness (QED) is 0.609. The lowest BCUT2D eigenvalue weighted by molar-refractivity contribution is -0.142. The summed E-state index contributed by atoms with van der Waals surface area (Å²) in [4.78, 5) is 13.9. The number of primary sulfonamides is 1. The van der Waals surface area contributed by atoms with Crippen molar-refractivity contribution in [3.8, 4) is 5.75 Å². The zero-order chi connectivity index (χ0) is 22.6. The second-order valence-corrected chi connectivity index (χ2v) is 10.1. The molecule has 0 bridgehead atoms. The molecule has 1 heterocycles. The van der Waals surface area contributed by atoms with Gasteiger partial charge in [-0.1, -0.05) is 0 Å². The first-order chi connectivity index (χ1) is 14.6. The Morgan fingerprint density at radius 2 is 1.55 bits per heavy atom. The van der Waals surface area contributed by atoms with Gasteiger partial charge in [0, 0.05) is 18.8 Å². The fourth-order valence-electron chi connectivity index (χ4n) is 2.92. The van der Waals surface area contributed by atoms with Crippen molar-refractivity contribution in [1.29, 1.82) is 0 Å². The SMILES string of the molecule is C[C@@H](Oc1ccc(S(=O)(=O)Nc2ccc(S(N)(=O)=O)cc2)cc1)C(=O)N1CCOCC1. The van der Waals surface area contributed by atoms with Crippen LogP contribution in [0.25, 0.3) is 0 Å². The van der Waals surface area contributed by atoms with Crippen molar-refractivity contribution in [3.63, 3.8) is 0 Å². The van der Waals surface area contributed by atoms with Crippen LogP contribution < -0.4 is 14.6 Å². The highest BCUT2D eigenvalue weighted by molar-refractivity contribution is 7.92. The van der Waals surface area contributed by atoms with Crippen LogP contribution in [0.1, 0.15) is 6.92 Å². The lowest BCUT2D eigenvalue weighted by Gasteiger charge is -2.29. The molecule has 31 heavy (non-hydrogen) atoms. The van der Waals surface area contributed by atoms with E-state index in [-0.39, 0.29) is 21.4 Å². The summed E-state index contributed by atoms with van der Waals surface area (Å²) in [6.07, 6.45) is -0.726. The standard InChI is InChI=1S/C19H23N3O7S2/c1-14(19(23)22-10-12-28-13-11-22)29-16-4-8-18(9-5-16)31(26,27)21-15-2-6-17(7-3-15)30(20,24)25/h2-9,14,21H,10-13H2,1H3,(H2,20,24,25)/t14-/m1/s1. The second-order valence-electron chi connectivity index (χ2n) is 6.84. The molecule has 0 aromatic heterocycles. The van der Waals surface area contributed by atoms with Crippen LogP contribution >= 0.6 is 0 Å². The van der Waals surface area contributed by atoms with E-state index >= 15 is 0 Å². The normalized spacial score (nSPS) is 15.9. The molecule has 1 aliphatic rings. The van der Waals surface area contributed by atoms with Gasteiger partial charge < -0.3 is 14.4 Å². The number of sulfonamides is 2. The number of carbonyl (C=O) groups is 1. The van der Waals surface area contributed by atoms with Gasteiger partial charge in [0.25, 0.3) is 15.9 Å². The molecule has 12 heteroatoms. The van der Waals surface area contributed by atoms with Crippen molar-refractivity contribution < 1.29 is 31.1 Å². The third kappa shape index (κ3) is 5.94. The summed E-state index contributed by atoms with van der Waals surface area (Å²) in [6.45, 7) is 3.63. The number of anilines is 1. The molecule has 1 amide bonds. The van der Waals surface area contributed by atoms with E-state index < -0.39 is 26.2 Å². The maximum atomic E-state index is 12.6. The predicted octanol–water partition coefficient (Wildman–Crippen LogP) is 0.761. The smallest absolute Gasteiger partial charge is 0.263 e. The zero-order valence-electron chi connectivity index (χ0n) is 16.7. The van der Waals surface area contributed by atoms with Gasteiger partial charge in [0.2, 0.25) is 10.0 Å². The number of rotatable bonds is 7. The second kappa shape index (κ2) is 9.22. The largest absolute Gasteiger partial charge is 0.481 e. The van der Waals surface area contributed by atoms with Gasteiger partial charge in [-0.15, -0.1) is 0 Å². The topological polar surface area (TPSA) is 145 Å². The molecule has 1 fully saturated rings. The average molecular weight is 470 g/mol. The van der Waals surface area contributed by atoms with E-state index in [0.29, 0.717) is 32.1 Å². The highest BCUT2D eigenvalue weighted by atomic mass is 32.2. The predicted molar refractivity (Wildman–Crippen MR) is 113 cm³/mol. The Labute approximate surface area is 181 Å². The highest BCUT2D eigenvalue weighted by Crippen LogP contribution is 2.21. The van der Waals surface area contributed by atoms with E-state index in [2.05, 4.69) is 4.72 Å². The summed E-state index contributed by atoms with van der Waals surface area (Å²) in [6, 6.07) is 10.6. The molecule has 0 aliphatic carbocycles. The highest BCUT2D eigenvalue weighted by Gasteiger charge is 2.24. The van der Waals surface area contributed by atoms with Crippen molar-refractivity contribution in [2.24, 2.45) is 5.14 Å². The number of amides is 1. The number of carbonyl (C=O) groups excluding carboxylic acids is 1. The Balaban J connectivity index is 1.65. The Bertz CT molecular complexity index is 1130. The minimum atomic E-state index is -3.92. The van der Waals surface area contributed by atoms with Crippen molar-refractivity contribution in [1.82, 2.24) is 4.90 Å². The fraction of sp³-hybridized carbons (Fsp3) is 0.316. The van der Waals surface area contributed by atoms with Gasteiger partial charge >= 0.3 is 0 Å². The number of hydrogen-bond donors (Lipinski definition) is 2. The van der Waals surface area contributed by atoms with E-state index in [1.807, 2.05) is 0 Å². The molecule has 1 atom stereocenters. The van der Waals surface area contributed by atoms with Gasteiger partial charge in [-0.2, -0.15) is 0 Å². The molecule has 168 valence electrons. The molecule has 0 saturated carbocycles. The molecule has 0 radical (unpaired) electrons. The van der Waals surface area contributed by atoms with Gasteiger partial charge in [0.05, 0.1) is 23.0 Å². The van der Waals surface area contributed by atoms with E-state index in [0.717, 1.165) is 0 Å². The van der Waals surface area contributed by atoms with Crippen molar-refractivity contribution in [2.75, 3.05) is 31.0 Å². The van der Waals surface area contributed by atoms with Crippen LogP contribution in [0.4, 0.5) is 5.69 Å². The van der Waals surface area contributed by atoms with E-state index in [1.165, 1.54) is 48.5 Å². The Morgan fingerprint density at radius 3 is 2.10 bits per heavy atom. The summed E-state index contributed by atoms with van der Waals surface area (Å²) in [5.74, 6) is 0.190. The van der Waals surface area contributed by atoms with E-state index in [4.69, 9.17) is 14.6 Å². The summed E-state index contributed by atoms with van der Waals surface area (Å²) < 4.78 is 60.9. The van der Waals surface area contributed by atoms with Crippen LogP contribution in [0.3, 0.4) is 0 Å². The fourth-order valence-corrected chi connectivity index (χ4v) is 4.49. The number of nitrogens with two attached hydrogens (primary N) is 1. The first kappa shape index (κ1) is 23.0. The molecule has 3 N–H and O–H groups in total. The lowest BCUT2D eigenvalue weighted by atomic mass is 10.3. The molecule has 0 unspecified atom stereocenters. The number of morpholine rings is 1. The summed E-state index contributed by atoms with van der Waals surface area (Å²) in [5, 5.41) is 5.03. The Hall–Kier alpha value is -2.67. The van der Waals surface area contributed by atoms with Crippen LogP contribution in [0.5, 0.6) is 5.75 Å². The molecule has 10 nitrogen and oxygen atoms in total. The first-order valence-electron chi connectivity index (χ1n) is 9.35. The Morgan fingerprint density at radius 1 is 1.00 bits per heavy atom. The van der Waals surface area contributed by atoms with Crippen LogP contribution in [0, 0.1) is 0 Å². The van der Waals surface area contributed by atoms with Gasteiger partial charge in [0.1, 0.15) is 5.75 Å². The molecule has 2 aromatic rings. The molecular formula is C19H23N3O7S2. The number of hydrogen-bond acceptors (Lipinski definition) is 7. The van der Waals surface area contributed by atoms with E-state index in [9.17, 15) is 21.6 Å². The third-order valence-corrected chi connectivity index (χ3v) is 6.88. The Kier molecular flexibility index (Phi) is 6.84. The maximum absolute atomic E-state index is 12.6. The molecule has 1 aliphatic heterocycles. The molecule has 0 spiro atoms. The maximum Gasteiger partial charge on any atom is 0.263 e. The average Bonchev–Trinajstić information content (AvgIpc) is 2.73. The van der Waals surface area contributed by atoms with Crippen LogP contribution in [-0.2, 0) is 29.6 Å². The lowest BCUT2D eigenvalue weighted by Crippen LogP contribution is -2.46. The summed E-state index contributed by atoms with van der Waals surface area (Å²) in [7, 11) is -7.78. The number of nitrogens with zero attached hydrogens (tertiary/aromatic N) is 1. The molecular weight excluding hydrogens is 446 g/mol. The first-order valence-corrected chi connectivity index (χ1v) is 12.4. The minimum absolute atomic E-state index is 0.0254.